The van der Waals surface area contributed by atoms with Crippen molar-refractivity contribution in [3.8, 4) is 0 Å². The van der Waals surface area contributed by atoms with Crippen molar-refractivity contribution in [3.63, 3.8) is 0 Å². The van der Waals surface area contributed by atoms with Gasteiger partial charge in [0.25, 0.3) is 0 Å². The highest BCUT2D eigenvalue weighted by atomic mass is 19.1. The topological polar surface area (TPSA) is 71.8 Å². The fraction of sp³-hybridized carbons (Fsp3) is 0. The molecule has 94 valence electrons. The molecule has 0 aliphatic heterocycles. The second-order valence-corrected chi connectivity index (χ2v) is 4.19. The van der Waals surface area contributed by atoms with Crippen LogP contribution in [-0.4, -0.2) is 15.8 Å². The minimum absolute atomic E-state index is 0.0381. The number of nitrogens with two attached hydrogens (primary N) is 1. The normalized spacial score (nSPS) is 10.8. The summed E-state index contributed by atoms with van der Waals surface area (Å²) in [7, 11) is 0. The molecule has 0 saturated heterocycles. The van der Waals surface area contributed by atoms with E-state index in [0.717, 1.165) is 10.9 Å². The van der Waals surface area contributed by atoms with E-state index in [1.54, 1.807) is 24.7 Å². The third kappa shape index (κ3) is 1.85. The van der Waals surface area contributed by atoms with Gasteiger partial charge in [-0.15, -0.1) is 0 Å². The third-order valence-corrected chi connectivity index (χ3v) is 2.99. The van der Waals surface area contributed by atoms with E-state index in [9.17, 15) is 9.18 Å². The summed E-state index contributed by atoms with van der Waals surface area (Å²) in [6.07, 6.45) is 4.88. The molecule has 2 heterocycles. The van der Waals surface area contributed by atoms with Crippen LogP contribution in [-0.2, 0) is 0 Å². The number of aromatic amines is 1. The van der Waals surface area contributed by atoms with Gasteiger partial charge in [0.1, 0.15) is 5.82 Å². The minimum atomic E-state index is -0.530. The molecule has 0 unspecified atom stereocenters. The first-order chi connectivity index (χ1) is 9.16. The molecule has 0 bridgehead atoms. The molecule has 5 heteroatoms. The van der Waals surface area contributed by atoms with E-state index in [4.69, 9.17) is 5.73 Å². The Balaban J connectivity index is 2.11. The van der Waals surface area contributed by atoms with Crippen LogP contribution in [0.5, 0.6) is 0 Å². The number of nitrogens with zero attached hydrogens (tertiary/aromatic N) is 1. The Hall–Kier alpha value is -2.69. The molecule has 4 nitrogen and oxygen atoms in total. The maximum atomic E-state index is 13.1. The van der Waals surface area contributed by atoms with Crippen molar-refractivity contribution in [1.29, 1.82) is 0 Å². The number of benzene rings is 1. The molecule has 0 aliphatic rings. The lowest BCUT2D eigenvalue weighted by Crippen LogP contribution is -2.02. The summed E-state index contributed by atoms with van der Waals surface area (Å²) in [5.74, 6) is -0.747. The van der Waals surface area contributed by atoms with Gasteiger partial charge in [0, 0.05) is 40.6 Å². The van der Waals surface area contributed by atoms with Crippen LogP contribution in [0, 0.1) is 5.82 Å². The number of nitrogens with one attached hydrogen (secondary N) is 1. The molecule has 0 amide bonds. The molecule has 3 rings (SSSR count). The van der Waals surface area contributed by atoms with Gasteiger partial charge >= 0.3 is 0 Å². The number of carbonyl (C=O) groups excluding carboxylic acids is 1. The number of hydrogen-bond acceptors (Lipinski definition) is 3. The Morgan fingerprint density at radius 3 is 2.95 bits per heavy atom. The molecule has 3 aromatic rings. The zero-order chi connectivity index (χ0) is 13.4. The first kappa shape index (κ1) is 11.4. The number of pyridine rings is 1. The highest BCUT2D eigenvalue weighted by Gasteiger charge is 2.15. The largest absolute Gasteiger partial charge is 0.396 e. The maximum Gasteiger partial charge on any atom is 0.195 e. The number of H-pyrrole nitrogens is 1. The van der Waals surface area contributed by atoms with Gasteiger partial charge in [-0.05, 0) is 24.3 Å². The lowest BCUT2D eigenvalue weighted by molar-refractivity contribution is 0.104. The van der Waals surface area contributed by atoms with Crippen molar-refractivity contribution in [2.24, 2.45) is 0 Å². The molecule has 0 radical (unpaired) electrons. The molecule has 3 N–H and O–H groups in total. The molecule has 0 spiro atoms. The smallest absolute Gasteiger partial charge is 0.195 e. The molecule has 0 aliphatic carbocycles. The van der Waals surface area contributed by atoms with E-state index >= 15 is 0 Å². The number of fused-ring (bicyclic) bond motifs is 1. The van der Waals surface area contributed by atoms with Gasteiger partial charge < -0.3 is 10.7 Å². The monoisotopic (exact) mass is 255 g/mol. The van der Waals surface area contributed by atoms with Crippen molar-refractivity contribution in [1.82, 2.24) is 9.97 Å². The van der Waals surface area contributed by atoms with Gasteiger partial charge in [0.2, 0.25) is 0 Å². The lowest BCUT2D eigenvalue weighted by atomic mass is 10.0. The first-order valence-electron chi connectivity index (χ1n) is 5.67. The summed E-state index contributed by atoms with van der Waals surface area (Å²) in [5, 5.41) is 0.732. The van der Waals surface area contributed by atoms with Crippen LogP contribution in [0.15, 0.2) is 42.9 Å². The summed E-state index contributed by atoms with van der Waals surface area (Å²) in [6.45, 7) is 0. The minimum Gasteiger partial charge on any atom is -0.396 e. The summed E-state index contributed by atoms with van der Waals surface area (Å²) in [6, 6.07) is 5.73. The van der Waals surface area contributed by atoms with Crippen molar-refractivity contribution in [2.45, 2.75) is 0 Å². The van der Waals surface area contributed by atoms with Gasteiger partial charge in [-0.3, -0.25) is 9.78 Å². The van der Waals surface area contributed by atoms with Gasteiger partial charge in [-0.1, -0.05) is 0 Å². The van der Waals surface area contributed by atoms with Crippen molar-refractivity contribution < 1.29 is 9.18 Å². The summed E-state index contributed by atoms with van der Waals surface area (Å²) >= 11 is 0. The quantitative estimate of drug-likeness (QED) is 0.546. The van der Waals surface area contributed by atoms with Gasteiger partial charge in [0.05, 0.1) is 5.69 Å². The molecule has 2 aromatic heterocycles. The molecule has 0 saturated carbocycles. The number of rotatable bonds is 2. The number of hydrogen-bond donors (Lipinski definition) is 2. The van der Waals surface area contributed by atoms with Gasteiger partial charge in [-0.2, -0.15) is 0 Å². The molecule has 0 atom stereocenters. The van der Waals surface area contributed by atoms with E-state index in [2.05, 4.69) is 9.97 Å². The second-order valence-electron chi connectivity index (χ2n) is 4.19. The summed E-state index contributed by atoms with van der Waals surface area (Å²) in [5.41, 5.74) is 7.11. The van der Waals surface area contributed by atoms with E-state index in [0.29, 0.717) is 11.1 Å². The standard InChI is InChI=1S/C14H10FN3O/c15-11-2-1-8(5-12(11)16)14(19)10-7-18-13-3-4-17-6-9(10)13/h1-7,18H,16H2. The van der Waals surface area contributed by atoms with Crippen LogP contribution >= 0.6 is 0 Å². The van der Waals surface area contributed by atoms with E-state index in [1.165, 1.54) is 18.2 Å². The second kappa shape index (κ2) is 4.20. The fourth-order valence-electron chi connectivity index (χ4n) is 1.99. The van der Waals surface area contributed by atoms with E-state index in [1.807, 2.05) is 0 Å². The predicted octanol–water partition coefficient (Wildman–Crippen LogP) is 2.52. The molecule has 19 heavy (non-hydrogen) atoms. The first-order valence-corrected chi connectivity index (χ1v) is 5.67. The van der Waals surface area contributed by atoms with Crippen LogP contribution in [0.25, 0.3) is 10.9 Å². The number of carbonyl (C=O) groups is 1. The van der Waals surface area contributed by atoms with Crippen LogP contribution in [0.3, 0.4) is 0 Å². The van der Waals surface area contributed by atoms with Crippen molar-refractivity contribution >= 4 is 22.4 Å². The highest BCUT2D eigenvalue weighted by molar-refractivity contribution is 6.16. The number of anilines is 1. The van der Waals surface area contributed by atoms with Crippen LogP contribution in [0.2, 0.25) is 0 Å². The maximum absolute atomic E-state index is 13.1. The average molecular weight is 255 g/mol. The van der Waals surface area contributed by atoms with E-state index < -0.39 is 5.82 Å². The Labute approximate surface area is 108 Å². The SMILES string of the molecule is Nc1cc(C(=O)c2c[nH]c3ccncc23)ccc1F. The summed E-state index contributed by atoms with van der Waals surface area (Å²) in [4.78, 5) is 19.4. The Kier molecular flexibility index (Phi) is 2.52. The lowest BCUT2D eigenvalue weighted by Gasteiger charge is -2.02. The zero-order valence-electron chi connectivity index (χ0n) is 9.85. The Morgan fingerprint density at radius 1 is 1.32 bits per heavy atom. The van der Waals surface area contributed by atoms with Crippen molar-refractivity contribution in [2.75, 3.05) is 5.73 Å². The fourth-order valence-corrected chi connectivity index (χ4v) is 1.99. The third-order valence-electron chi connectivity index (χ3n) is 2.99. The zero-order valence-corrected chi connectivity index (χ0v) is 9.85. The molecular weight excluding hydrogens is 245 g/mol. The number of ketones is 1. The Morgan fingerprint density at radius 2 is 2.16 bits per heavy atom. The van der Waals surface area contributed by atoms with E-state index in [-0.39, 0.29) is 11.5 Å². The van der Waals surface area contributed by atoms with Crippen LogP contribution in [0.1, 0.15) is 15.9 Å². The van der Waals surface area contributed by atoms with Crippen LogP contribution < -0.4 is 5.73 Å². The van der Waals surface area contributed by atoms with Crippen molar-refractivity contribution in [3.05, 3.63) is 59.8 Å². The predicted molar refractivity (Wildman–Crippen MR) is 70.3 cm³/mol. The summed E-state index contributed by atoms with van der Waals surface area (Å²) < 4.78 is 13.1. The van der Waals surface area contributed by atoms with Crippen LogP contribution in [0.4, 0.5) is 10.1 Å². The van der Waals surface area contributed by atoms with Gasteiger partial charge in [0.15, 0.2) is 5.78 Å². The average Bonchev–Trinajstić information content (AvgIpc) is 2.85. The number of aromatic nitrogens is 2. The highest BCUT2D eigenvalue weighted by Crippen LogP contribution is 2.21. The van der Waals surface area contributed by atoms with Gasteiger partial charge in [-0.25, -0.2) is 4.39 Å². The Bertz CT molecular complexity index is 779. The molecule has 0 fully saturated rings. The molecular formula is C14H10FN3O. The number of halogens is 1. The number of nitrogen functional groups attached to an aromatic ring is 1. The molecule has 1 aromatic carbocycles.